The number of imide groups is 1. The van der Waals surface area contributed by atoms with Gasteiger partial charge in [0.05, 0.1) is 30.2 Å². The van der Waals surface area contributed by atoms with E-state index in [0.29, 0.717) is 29.0 Å². The molecule has 170 valence electrons. The number of benzene rings is 2. The zero-order valence-electron chi connectivity index (χ0n) is 18.2. The van der Waals surface area contributed by atoms with E-state index in [1.54, 1.807) is 36.4 Å². The number of anilines is 2. The summed E-state index contributed by atoms with van der Waals surface area (Å²) in [6.45, 7) is -0.451. The van der Waals surface area contributed by atoms with Gasteiger partial charge in [-0.15, -0.1) is 0 Å². The van der Waals surface area contributed by atoms with E-state index in [2.05, 4.69) is 5.32 Å². The average molecular weight is 448 g/mol. The first-order chi connectivity index (χ1) is 16.0. The number of carbonyl (C=O) groups excluding carboxylic acids is 4. The normalized spacial score (nSPS) is 25.2. The molecular formula is C25H24N2O6. The minimum atomic E-state index is -0.670. The molecule has 4 atom stereocenters. The Labute approximate surface area is 190 Å². The number of nitrogens with one attached hydrogen (secondary N) is 1. The molecule has 1 aliphatic heterocycles. The van der Waals surface area contributed by atoms with Gasteiger partial charge in [-0.2, -0.15) is 0 Å². The number of nitrogens with zero attached hydrogens (tertiary/aromatic N) is 1. The van der Waals surface area contributed by atoms with E-state index in [9.17, 15) is 19.2 Å². The minimum absolute atomic E-state index is 0.123. The van der Waals surface area contributed by atoms with E-state index in [1.807, 2.05) is 0 Å². The summed E-state index contributed by atoms with van der Waals surface area (Å²) in [5.41, 5.74) is 1.22. The van der Waals surface area contributed by atoms with Gasteiger partial charge in [0.25, 0.3) is 5.91 Å². The maximum absolute atomic E-state index is 12.9. The van der Waals surface area contributed by atoms with Gasteiger partial charge in [0, 0.05) is 11.8 Å². The van der Waals surface area contributed by atoms with Crippen molar-refractivity contribution < 1.29 is 28.7 Å². The quantitative estimate of drug-likeness (QED) is 0.538. The molecule has 8 nitrogen and oxygen atoms in total. The summed E-state index contributed by atoms with van der Waals surface area (Å²) in [7, 11) is 1.53. The number of ether oxygens (including phenoxy) is 2. The number of fused-ring (bicyclic) bond motifs is 5. The average Bonchev–Trinajstić information content (AvgIpc) is 3.51. The number of methoxy groups -OCH3 is 1. The molecule has 8 heteroatoms. The second-order valence-corrected chi connectivity index (χ2v) is 8.80. The van der Waals surface area contributed by atoms with Crippen LogP contribution in [-0.4, -0.2) is 37.4 Å². The number of rotatable bonds is 6. The van der Waals surface area contributed by atoms with E-state index < -0.39 is 18.5 Å². The molecule has 0 radical (unpaired) electrons. The van der Waals surface area contributed by atoms with Crippen molar-refractivity contribution in [3.63, 3.8) is 0 Å². The first-order valence-corrected chi connectivity index (χ1v) is 11.0. The maximum atomic E-state index is 12.9. The van der Waals surface area contributed by atoms with Gasteiger partial charge in [-0.25, -0.2) is 4.79 Å². The van der Waals surface area contributed by atoms with Gasteiger partial charge in [0.1, 0.15) is 5.75 Å². The van der Waals surface area contributed by atoms with Crippen molar-refractivity contribution in [3.8, 4) is 5.75 Å². The fourth-order valence-corrected chi connectivity index (χ4v) is 5.52. The van der Waals surface area contributed by atoms with Crippen LogP contribution in [0.4, 0.5) is 11.4 Å². The third-order valence-electron chi connectivity index (χ3n) is 6.98. The highest BCUT2D eigenvalue weighted by Crippen LogP contribution is 2.56. The number of esters is 1. The standard InChI is InChI=1S/C25H24N2O6/c1-32-19-4-2-3-17(12-19)26-20(28)13-33-25(31)14-7-9-18(10-8-14)27-23(29)21-15-5-6-16(11-15)22(21)24(27)30/h2-4,7-10,12,15-16,21-22H,5-6,11,13H2,1H3,(H,26,28)/t15-,16-,21-,22+/m0/s1. The third-order valence-corrected chi connectivity index (χ3v) is 6.98. The Morgan fingerprint density at radius 1 is 1.00 bits per heavy atom. The largest absolute Gasteiger partial charge is 0.497 e. The van der Waals surface area contributed by atoms with Crippen molar-refractivity contribution in [2.75, 3.05) is 23.9 Å². The first kappa shape index (κ1) is 21.2. The van der Waals surface area contributed by atoms with Crippen molar-refractivity contribution in [2.45, 2.75) is 19.3 Å². The van der Waals surface area contributed by atoms with E-state index in [0.717, 1.165) is 19.3 Å². The summed E-state index contributed by atoms with van der Waals surface area (Å²) in [5.74, 6) is -0.552. The van der Waals surface area contributed by atoms with Crippen molar-refractivity contribution in [3.05, 3.63) is 54.1 Å². The van der Waals surface area contributed by atoms with Crippen molar-refractivity contribution >= 4 is 35.1 Å². The van der Waals surface area contributed by atoms with E-state index in [-0.39, 0.29) is 29.2 Å². The molecule has 0 unspecified atom stereocenters. The van der Waals surface area contributed by atoms with Crippen LogP contribution in [0.1, 0.15) is 29.6 Å². The minimum Gasteiger partial charge on any atom is -0.497 e. The molecule has 1 heterocycles. The Hall–Kier alpha value is -3.68. The van der Waals surface area contributed by atoms with Gasteiger partial charge in [-0.1, -0.05) is 6.07 Å². The molecule has 3 aliphatic rings. The SMILES string of the molecule is COc1cccc(NC(=O)COC(=O)c2ccc(N3C(=O)[C@@H]4[C@H]5CC[C@@H](C5)[C@@H]4C3=O)cc2)c1. The topological polar surface area (TPSA) is 102 Å². The Bertz CT molecular complexity index is 1100. The Balaban J connectivity index is 1.19. The highest BCUT2D eigenvalue weighted by Gasteiger charge is 2.61. The van der Waals surface area contributed by atoms with Gasteiger partial charge in [0.15, 0.2) is 6.61 Å². The van der Waals surface area contributed by atoms with E-state index >= 15 is 0 Å². The summed E-state index contributed by atoms with van der Waals surface area (Å²) in [6, 6.07) is 13.0. The first-order valence-electron chi connectivity index (χ1n) is 11.0. The monoisotopic (exact) mass is 448 g/mol. The van der Waals surface area contributed by atoms with Crippen molar-refractivity contribution in [2.24, 2.45) is 23.7 Å². The third kappa shape index (κ3) is 3.75. The van der Waals surface area contributed by atoms with Crippen LogP contribution in [0.15, 0.2) is 48.5 Å². The Morgan fingerprint density at radius 3 is 2.30 bits per heavy atom. The van der Waals surface area contributed by atoms with Crippen molar-refractivity contribution in [1.82, 2.24) is 0 Å². The zero-order chi connectivity index (χ0) is 23.1. The summed E-state index contributed by atoms with van der Waals surface area (Å²) >= 11 is 0. The summed E-state index contributed by atoms with van der Waals surface area (Å²) in [6.07, 6.45) is 3.03. The molecule has 0 spiro atoms. The van der Waals surface area contributed by atoms with Crippen LogP contribution in [0.5, 0.6) is 5.75 Å². The van der Waals surface area contributed by atoms with Crippen LogP contribution in [0.3, 0.4) is 0 Å². The van der Waals surface area contributed by atoms with Crippen LogP contribution in [0.25, 0.3) is 0 Å². The molecule has 1 N–H and O–H groups in total. The summed E-state index contributed by atoms with van der Waals surface area (Å²) in [4.78, 5) is 51.6. The van der Waals surface area contributed by atoms with Crippen molar-refractivity contribution in [1.29, 1.82) is 0 Å². The van der Waals surface area contributed by atoms with Gasteiger partial charge < -0.3 is 14.8 Å². The predicted octanol–water partition coefficient (Wildman–Crippen LogP) is 3.03. The number of hydrogen-bond acceptors (Lipinski definition) is 6. The fourth-order valence-electron chi connectivity index (χ4n) is 5.52. The van der Waals surface area contributed by atoms with Crippen LogP contribution < -0.4 is 15.0 Å². The van der Waals surface area contributed by atoms with Gasteiger partial charge in [0.2, 0.25) is 11.8 Å². The Kier molecular flexibility index (Phi) is 5.36. The van der Waals surface area contributed by atoms with Gasteiger partial charge >= 0.3 is 5.97 Å². The smallest absolute Gasteiger partial charge is 0.338 e. The molecular weight excluding hydrogens is 424 g/mol. The molecule has 2 aromatic rings. The fraction of sp³-hybridized carbons (Fsp3) is 0.360. The van der Waals surface area contributed by atoms with E-state index in [1.165, 1.54) is 24.1 Å². The van der Waals surface area contributed by atoms with Crippen LogP contribution >= 0.6 is 0 Å². The van der Waals surface area contributed by atoms with Crippen LogP contribution in [0, 0.1) is 23.7 Å². The molecule has 3 amide bonds. The summed E-state index contributed by atoms with van der Waals surface area (Å²) < 4.78 is 10.2. The molecule has 5 rings (SSSR count). The lowest BCUT2D eigenvalue weighted by Gasteiger charge is -2.19. The number of hydrogen-bond donors (Lipinski definition) is 1. The molecule has 33 heavy (non-hydrogen) atoms. The lowest BCUT2D eigenvalue weighted by Crippen LogP contribution is -2.32. The lowest BCUT2D eigenvalue weighted by atomic mass is 9.81. The molecule has 1 saturated heterocycles. The van der Waals surface area contributed by atoms with E-state index in [4.69, 9.17) is 9.47 Å². The van der Waals surface area contributed by atoms with Gasteiger partial charge in [-0.3, -0.25) is 19.3 Å². The highest BCUT2D eigenvalue weighted by atomic mass is 16.5. The molecule has 3 fully saturated rings. The highest BCUT2D eigenvalue weighted by molar-refractivity contribution is 6.22. The maximum Gasteiger partial charge on any atom is 0.338 e. The zero-order valence-corrected chi connectivity index (χ0v) is 18.2. The van der Waals surface area contributed by atoms with Crippen LogP contribution in [-0.2, 0) is 19.1 Å². The number of carbonyl (C=O) groups is 4. The lowest BCUT2D eigenvalue weighted by molar-refractivity contribution is -0.123. The number of amides is 3. The second kappa shape index (κ2) is 8.35. The molecule has 2 aliphatic carbocycles. The van der Waals surface area contributed by atoms with Crippen LogP contribution in [0.2, 0.25) is 0 Å². The molecule has 2 saturated carbocycles. The Morgan fingerprint density at radius 2 is 1.67 bits per heavy atom. The molecule has 2 bridgehead atoms. The molecule has 2 aromatic carbocycles. The molecule has 0 aromatic heterocycles. The second-order valence-electron chi connectivity index (χ2n) is 8.80. The predicted molar refractivity (Wildman–Crippen MR) is 119 cm³/mol. The summed E-state index contributed by atoms with van der Waals surface area (Å²) in [5, 5.41) is 2.63. The van der Waals surface area contributed by atoms with Gasteiger partial charge in [-0.05, 0) is 67.5 Å².